The van der Waals surface area contributed by atoms with Crippen molar-refractivity contribution < 1.29 is 9.15 Å². The van der Waals surface area contributed by atoms with Crippen LogP contribution in [0.2, 0.25) is 0 Å². The molecule has 5 heteroatoms. The summed E-state index contributed by atoms with van der Waals surface area (Å²) in [5.74, 6) is 0.737. The van der Waals surface area contributed by atoms with E-state index >= 15 is 0 Å². The van der Waals surface area contributed by atoms with Crippen LogP contribution in [-0.4, -0.2) is 36.8 Å². The molecule has 0 saturated carbocycles. The summed E-state index contributed by atoms with van der Waals surface area (Å²) < 4.78 is 10.1. The van der Waals surface area contributed by atoms with Crippen LogP contribution in [-0.2, 0) is 11.2 Å². The standard InChI is InChI=1S/C16H23N3O2/c1-12-15(5-4-7-17-8-10-20-3)13(2)19-16(18-12)14-6-9-21-11-14/h6,9,11,17H,4-5,7-8,10H2,1-3H3. The lowest BCUT2D eigenvalue weighted by atomic mass is 10.1. The molecule has 0 aliphatic carbocycles. The first kappa shape index (κ1) is 15.7. The summed E-state index contributed by atoms with van der Waals surface area (Å²) in [4.78, 5) is 9.19. The van der Waals surface area contributed by atoms with Gasteiger partial charge in [0.25, 0.3) is 0 Å². The summed E-state index contributed by atoms with van der Waals surface area (Å²) in [5, 5.41) is 3.35. The van der Waals surface area contributed by atoms with Gasteiger partial charge in [0.05, 0.1) is 18.4 Å². The van der Waals surface area contributed by atoms with Crippen molar-refractivity contribution >= 4 is 0 Å². The Bertz CT molecular complexity index is 530. The summed E-state index contributed by atoms with van der Waals surface area (Å²) >= 11 is 0. The Labute approximate surface area is 125 Å². The van der Waals surface area contributed by atoms with Gasteiger partial charge in [0.2, 0.25) is 0 Å². The van der Waals surface area contributed by atoms with Crippen LogP contribution in [0, 0.1) is 13.8 Å². The van der Waals surface area contributed by atoms with Crippen LogP contribution < -0.4 is 5.32 Å². The summed E-state index contributed by atoms with van der Waals surface area (Å²) in [5.41, 5.74) is 4.27. The average molecular weight is 289 g/mol. The molecular weight excluding hydrogens is 266 g/mol. The van der Waals surface area contributed by atoms with E-state index in [2.05, 4.69) is 15.3 Å². The smallest absolute Gasteiger partial charge is 0.162 e. The van der Waals surface area contributed by atoms with E-state index in [0.717, 1.165) is 55.3 Å². The van der Waals surface area contributed by atoms with Gasteiger partial charge in [-0.2, -0.15) is 0 Å². The number of aryl methyl sites for hydroxylation is 2. The van der Waals surface area contributed by atoms with Crippen molar-refractivity contribution in [2.45, 2.75) is 26.7 Å². The zero-order valence-electron chi connectivity index (χ0n) is 13.0. The number of rotatable bonds is 8. The van der Waals surface area contributed by atoms with E-state index in [1.54, 1.807) is 19.6 Å². The quantitative estimate of drug-likeness (QED) is 0.757. The highest BCUT2D eigenvalue weighted by Gasteiger charge is 2.10. The van der Waals surface area contributed by atoms with Gasteiger partial charge >= 0.3 is 0 Å². The Balaban J connectivity index is 1.95. The zero-order chi connectivity index (χ0) is 15.1. The van der Waals surface area contributed by atoms with E-state index < -0.39 is 0 Å². The van der Waals surface area contributed by atoms with Crippen LogP contribution >= 0.6 is 0 Å². The molecule has 0 saturated heterocycles. The van der Waals surface area contributed by atoms with Gasteiger partial charge in [-0.05, 0) is 44.9 Å². The van der Waals surface area contributed by atoms with E-state index in [4.69, 9.17) is 9.15 Å². The van der Waals surface area contributed by atoms with Crippen molar-refractivity contribution in [2.75, 3.05) is 26.8 Å². The van der Waals surface area contributed by atoms with Gasteiger partial charge in [0, 0.05) is 25.0 Å². The fraction of sp³-hybridized carbons (Fsp3) is 0.500. The maximum absolute atomic E-state index is 5.09. The highest BCUT2D eigenvalue weighted by atomic mass is 16.5. The number of aromatic nitrogens is 2. The SMILES string of the molecule is COCCNCCCc1c(C)nc(-c2ccoc2)nc1C. The number of methoxy groups -OCH3 is 1. The van der Waals surface area contributed by atoms with Crippen molar-refractivity contribution in [3.05, 3.63) is 35.5 Å². The van der Waals surface area contributed by atoms with Gasteiger partial charge in [-0.1, -0.05) is 0 Å². The van der Waals surface area contributed by atoms with Crippen LogP contribution in [0.3, 0.4) is 0 Å². The largest absolute Gasteiger partial charge is 0.472 e. The van der Waals surface area contributed by atoms with Crippen LogP contribution in [0.15, 0.2) is 23.0 Å². The van der Waals surface area contributed by atoms with Gasteiger partial charge in [0.15, 0.2) is 5.82 Å². The number of furan rings is 1. The molecule has 0 bridgehead atoms. The zero-order valence-corrected chi connectivity index (χ0v) is 13.0. The molecule has 0 aromatic carbocycles. The fourth-order valence-electron chi connectivity index (χ4n) is 2.31. The van der Waals surface area contributed by atoms with Crippen molar-refractivity contribution in [1.29, 1.82) is 0 Å². The van der Waals surface area contributed by atoms with Gasteiger partial charge in [0.1, 0.15) is 6.26 Å². The summed E-state index contributed by atoms with van der Waals surface area (Å²) in [6, 6.07) is 1.88. The second-order valence-corrected chi connectivity index (χ2v) is 5.05. The minimum atomic E-state index is 0.737. The van der Waals surface area contributed by atoms with Gasteiger partial charge in [-0.3, -0.25) is 0 Å². The molecule has 21 heavy (non-hydrogen) atoms. The first-order valence-corrected chi connectivity index (χ1v) is 7.28. The highest BCUT2D eigenvalue weighted by Crippen LogP contribution is 2.19. The molecule has 2 rings (SSSR count). The second kappa shape index (κ2) is 7.90. The van der Waals surface area contributed by atoms with Crippen LogP contribution in [0.5, 0.6) is 0 Å². The topological polar surface area (TPSA) is 60.2 Å². The van der Waals surface area contributed by atoms with Crippen LogP contribution in [0.4, 0.5) is 0 Å². The molecule has 0 atom stereocenters. The van der Waals surface area contributed by atoms with E-state index in [1.807, 2.05) is 19.9 Å². The summed E-state index contributed by atoms with van der Waals surface area (Å²) in [6.45, 7) is 6.72. The Hall–Kier alpha value is -1.72. The lowest BCUT2D eigenvalue weighted by molar-refractivity contribution is 0.199. The van der Waals surface area contributed by atoms with E-state index in [1.165, 1.54) is 5.56 Å². The highest BCUT2D eigenvalue weighted by molar-refractivity contribution is 5.53. The number of hydrogen-bond donors (Lipinski definition) is 1. The molecule has 0 unspecified atom stereocenters. The summed E-state index contributed by atoms with van der Waals surface area (Å²) in [7, 11) is 1.72. The molecule has 0 amide bonds. The van der Waals surface area contributed by atoms with Crippen LogP contribution in [0.25, 0.3) is 11.4 Å². The third kappa shape index (κ3) is 4.37. The monoisotopic (exact) mass is 289 g/mol. The van der Waals surface area contributed by atoms with Crippen molar-refractivity contribution in [2.24, 2.45) is 0 Å². The molecule has 0 fully saturated rings. The van der Waals surface area contributed by atoms with Crippen LogP contribution in [0.1, 0.15) is 23.4 Å². The first-order chi connectivity index (χ1) is 10.2. The third-order valence-corrected chi connectivity index (χ3v) is 3.46. The molecule has 2 heterocycles. The third-order valence-electron chi connectivity index (χ3n) is 3.46. The number of nitrogens with zero attached hydrogens (tertiary/aromatic N) is 2. The lowest BCUT2D eigenvalue weighted by Crippen LogP contribution is -2.20. The molecule has 2 aromatic rings. The van der Waals surface area contributed by atoms with Gasteiger partial charge in [-0.25, -0.2) is 9.97 Å². The first-order valence-electron chi connectivity index (χ1n) is 7.28. The minimum absolute atomic E-state index is 0.737. The van der Waals surface area contributed by atoms with Crippen molar-refractivity contribution in [1.82, 2.24) is 15.3 Å². The van der Waals surface area contributed by atoms with E-state index in [0.29, 0.717) is 0 Å². The summed E-state index contributed by atoms with van der Waals surface area (Å²) in [6.07, 6.45) is 5.37. The minimum Gasteiger partial charge on any atom is -0.472 e. The molecular formula is C16H23N3O2. The maximum atomic E-state index is 5.09. The van der Waals surface area contributed by atoms with Crippen molar-refractivity contribution in [3.8, 4) is 11.4 Å². The average Bonchev–Trinajstić information content (AvgIpc) is 2.99. The molecule has 0 radical (unpaired) electrons. The number of nitrogens with one attached hydrogen (secondary N) is 1. The maximum Gasteiger partial charge on any atom is 0.162 e. The predicted molar refractivity (Wildman–Crippen MR) is 82.3 cm³/mol. The molecule has 0 aliphatic rings. The van der Waals surface area contributed by atoms with E-state index in [9.17, 15) is 0 Å². The fourth-order valence-corrected chi connectivity index (χ4v) is 2.31. The molecule has 114 valence electrons. The Morgan fingerprint density at radius 3 is 2.57 bits per heavy atom. The number of hydrogen-bond acceptors (Lipinski definition) is 5. The second-order valence-electron chi connectivity index (χ2n) is 5.05. The molecule has 0 spiro atoms. The van der Waals surface area contributed by atoms with Crippen molar-refractivity contribution in [3.63, 3.8) is 0 Å². The molecule has 1 N–H and O–H groups in total. The normalized spacial score (nSPS) is 11.0. The molecule has 5 nitrogen and oxygen atoms in total. The Kier molecular flexibility index (Phi) is 5.90. The van der Waals surface area contributed by atoms with Gasteiger partial charge < -0.3 is 14.5 Å². The predicted octanol–water partition coefficient (Wildman–Crippen LogP) is 2.52. The molecule has 0 aliphatic heterocycles. The lowest BCUT2D eigenvalue weighted by Gasteiger charge is -2.10. The molecule has 2 aromatic heterocycles. The Morgan fingerprint density at radius 2 is 1.95 bits per heavy atom. The Morgan fingerprint density at radius 1 is 1.19 bits per heavy atom. The number of ether oxygens (including phenoxy) is 1. The van der Waals surface area contributed by atoms with Gasteiger partial charge in [-0.15, -0.1) is 0 Å². The van der Waals surface area contributed by atoms with E-state index in [-0.39, 0.29) is 0 Å².